The van der Waals surface area contributed by atoms with Crippen molar-refractivity contribution in [1.29, 1.82) is 0 Å². The number of aliphatic carboxylic acids is 1. The summed E-state index contributed by atoms with van der Waals surface area (Å²) in [7, 11) is 1.58. The van der Waals surface area contributed by atoms with Gasteiger partial charge in [0.2, 0.25) is 0 Å². The highest BCUT2D eigenvalue weighted by Crippen LogP contribution is 2.48. The Hall–Kier alpha value is -1.22. The van der Waals surface area contributed by atoms with Crippen LogP contribution in [0.5, 0.6) is 5.75 Å². The van der Waals surface area contributed by atoms with Crippen LogP contribution in [0.15, 0.2) is 6.07 Å². The van der Waals surface area contributed by atoms with Crippen LogP contribution in [0.1, 0.15) is 42.4 Å². The van der Waals surface area contributed by atoms with E-state index in [1.54, 1.807) is 7.11 Å². The molecule has 0 heterocycles. The highest BCUT2D eigenvalue weighted by atomic mass is 35.5. The van der Waals surface area contributed by atoms with Crippen LogP contribution < -0.4 is 4.74 Å². The number of methoxy groups -OCH3 is 1. The van der Waals surface area contributed by atoms with Crippen molar-refractivity contribution in [1.82, 2.24) is 0 Å². The fraction of sp³-hybridized carbons (Fsp3) is 0.533. The topological polar surface area (TPSA) is 46.5 Å². The molecule has 1 aromatic carbocycles. The molecule has 0 aromatic heterocycles. The molecule has 0 radical (unpaired) electrons. The lowest BCUT2D eigenvalue weighted by atomic mass is 9.75. The van der Waals surface area contributed by atoms with Gasteiger partial charge < -0.3 is 9.84 Å². The molecule has 1 aliphatic rings. The second-order valence-corrected chi connectivity index (χ2v) is 5.71. The Kier molecular flexibility index (Phi) is 3.77. The van der Waals surface area contributed by atoms with E-state index in [0.717, 1.165) is 29.5 Å². The number of aryl methyl sites for hydroxylation is 1. The van der Waals surface area contributed by atoms with Gasteiger partial charge in [0.05, 0.1) is 12.5 Å². The van der Waals surface area contributed by atoms with E-state index in [1.807, 2.05) is 19.9 Å². The molecule has 4 heteroatoms. The van der Waals surface area contributed by atoms with Gasteiger partial charge in [0.1, 0.15) is 5.75 Å². The van der Waals surface area contributed by atoms with E-state index < -0.39 is 11.4 Å². The molecule has 2 rings (SSSR count). The SMILES string of the molecule is COc1c(C)c(Cl)cc(C)c1C1(C(=O)O)CCCC1. The molecule has 1 fully saturated rings. The Balaban J connectivity index is 2.73. The van der Waals surface area contributed by atoms with E-state index in [4.69, 9.17) is 16.3 Å². The number of hydrogen-bond acceptors (Lipinski definition) is 2. The largest absolute Gasteiger partial charge is 0.496 e. The molecule has 19 heavy (non-hydrogen) atoms. The summed E-state index contributed by atoms with van der Waals surface area (Å²) in [4.78, 5) is 11.9. The van der Waals surface area contributed by atoms with Crippen LogP contribution >= 0.6 is 11.6 Å². The summed E-state index contributed by atoms with van der Waals surface area (Å²) in [5.74, 6) is -0.123. The Morgan fingerprint density at radius 2 is 1.95 bits per heavy atom. The molecule has 0 amide bonds. The predicted octanol–water partition coefficient (Wildman–Crippen LogP) is 3.86. The van der Waals surface area contributed by atoms with Gasteiger partial charge in [-0.2, -0.15) is 0 Å². The monoisotopic (exact) mass is 282 g/mol. The van der Waals surface area contributed by atoms with E-state index >= 15 is 0 Å². The molecule has 1 aromatic rings. The Bertz CT molecular complexity index is 517. The first kappa shape index (κ1) is 14.2. The van der Waals surface area contributed by atoms with Gasteiger partial charge in [0.25, 0.3) is 0 Å². The van der Waals surface area contributed by atoms with Crippen molar-refractivity contribution < 1.29 is 14.6 Å². The minimum absolute atomic E-state index is 0.622. The average Bonchev–Trinajstić information content (AvgIpc) is 2.83. The third-order valence-corrected chi connectivity index (χ3v) is 4.61. The molecule has 0 saturated heterocycles. The molecular weight excluding hydrogens is 264 g/mol. The predicted molar refractivity (Wildman–Crippen MR) is 75.3 cm³/mol. The molecule has 1 saturated carbocycles. The van der Waals surface area contributed by atoms with Crippen LogP contribution in [0.4, 0.5) is 0 Å². The molecule has 0 atom stereocenters. The molecule has 1 N–H and O–H groups in total. The zero-order chi connectivity index (χ0) is 14.2. The van der Waals surface area contributed by atoms with Gasteiger partial charge >= 0.3 is 5.97 Å². The summed E-state index contributed by atoms with van der Waals surface area (Å²) < 4.78 is 5.48. The Morgan fingerprint density at radius 3 is 2.42 bits per heavy atom. The number of ether oxygens (including phenoxy) is 1. The standard InChI is InChI=1S/C15H19ClO3/c1-9-8-11(16)10(2)13(19-3)12(9)15(14(17)18)6-4-5-7-15/h8H,4-7H2,1-3H3,(H,17,18). The first-order chi connectivity index (χ1) is 8.94. The van der Waals surface area contributed by atoms with Crippen LogP contribution in [0.25, 0.3) is 0 Å². The fourth-order valence-corrected chi connectivity index (χ4v) is 3.49. The normalized spacial score (nSPS) is 17.5. The molecule has 3 nitrogen and oxygen atoms in total. The van der Waals surface area contributed by atoms with E-state index in [9.17, 15) is 9.90 Å². The lowest BCUT2D eigenvalue weighted by Gasteiger charge is -2.29. The number of carbonyl (C=O) groups is 1. The van der Waals surface area contributed by atoms with Gasteiger partial charge in [-0.05, 0) is 38.3 Å². The number of carboxylic acid groups (broad SMARTS) is 1. The van der Waals surface area contributed by atoms with Crippen molar-refractivity contribution in [3.05, 3.63) is 27.8 Å². The lowest BCUT2D eigenvalue weighted by molar-refractivity contribution is -0.143. The van der Waals surface area contributed by atoms with Gasteiger partial charge in [0, 0.05) is 16.1 Å². The fourth-order valence-electron chi connectivity index (χ4n) is 3.24. The minimum Gasteiger partial charge on any atom is -0.496 e. The third kappa shape index (κ3) is 2.10. The lowest BCUT2D eigenvalue weighted by Crippen LogP contribution is -2.34. The van der Waals surface area contributed by atoms with Crippen molar-refractivity contribution >= 4 is 17.6 Å². The first-order valence-electron chi connectivity index (χ1n) is 6.51. The van der Waals surface area contributed by atoms with Gasteiger partial charge in [-0.3, -0.25) is 4.79 Å². The van der Waals surface area contributed by atoms with E-state index in [1.165, 1.54) is 0 Å². The molecule has 0 unspecified atom stereocenters. The van der Waals surface area contributed by atoms with Crippen molar-refractivity contribution in [2.24, 2.45) is 0 Å². The van der Waals surface area contributed by atoms with Crippen LogP contribution in [-0.4, -0.2) is 18.2 Å². The minimum atomic E-state index is -0.815. The second-order valence-electron chi connectivity index (χ2n) is 5.30. The summed E-state index contributed by atoms with van der Waals surface area (Å²) in [6.07, 6.45) is 3.22. The van der Waals surface area contributed by atoms with Crippen molar-refractivity contribution in [2.75, 3.05) is 7.11 Å². The van der Waals surface area contributed by atoms with E-state index in [0.29, 0.717) is 23.6 Å². The maximum absolute atomic E-state index is 11.9. The van der Waals surface area contributed by atoms with Crippen LogP contribution in [0.3, 0.4) is 0 Å². The van der Waals surface area contributed by atoms with Gasteiger partial charge in [-0.25, -0.2) is 0 Å². The Labute approximate surface area is 118 Å². The number of halogens is 1. The second kappa shape index (κ2) is 5.04. The van der Waals surface area contributed by atoms with Gasteiger partial charge in [-0.15, -0.1) is 0 Å². The highest BCUT2D eigenvalue weighted by molar-refractivity contribution is 6.31. The maximum Gasteiger partial charge on any atom is 0.314 e. The van der Waals surface area contributed by atoms with Crippen molar-refractivity contribution in [3.8, 4) is 5.75 Å². The van der Waals surface area contributed by atoms with Gasteiger partial charge in [-0.1, -0.05) is 24.4 Å². The third-order valence-electron chi connectivity index (χ3n) is 4.21. The average molecular weight is 283 g/mol. The zero-order valence-electron chi connectivity index (χ0n) is 11.5. The highest BCUT2D eigenvalue weighted by Gasteiger charge is 2.46. The molecular formula is C15H19ClO3. The van der Waals surface area contributed by atoms with E-state index in [-0.39, 0.29) is 0 Å². The summed E-state index contributed by atoms with van der Waals surface area (Å²) in [5, 5.41) is 10.4. The first-order valence-corrected chi connectivity index (χ1v) is 6.89. The summed E-state index contributed by atoms with van der Waals surface area (Å²) >= 11 is 6.17. The molecule has 1 aliphatic carbocycles. The molecule has 0 bridgehead atoms. The summed E-state index contributed by atoms with van der Waals surface area (Å²) in [6.45, 7) is 3.78. The molecule has 104 valence electrons. The number of carboxylic acids is 1. The van der Waals surface area contributed by atoms with Crippen LogP contribution in [0, 0.1) is 13.8 Å². The smallest absolute Gasteiger partial charge is 0.314 e. The summed E-state index contributed by atoms with van der Waals surface area (Å²) in [6, 6.07) is 1.84. The number of rotatable bonds is 3. The number of benzene rings is 1. The molecule has 0 aliphatic heterocycles. The Morgan fingerprint density at radius 1 is 1.37 bits per heavy atom. The van der Waals surface area contributed by atoms with Crippen LogP contribution in [-0.2, 0) is 10.2 Å². The number of hydrogen-bond donors (Lipinski definition) is 1. The van der Waals surface area contributed by atoms with Crippen LogP contribution in [0.2, 0.25) is 5.02 Å². The zero-order valence-corrected chi connectivity index (χ0v) is 12.3. The van der Waals surface area contributed by atoms with E-state index in [2.05, 4.69) is 0 Å². The quantitative estimate of drug-likeness (QED) is 0.916. The van der Waals surface area contributed by atoms with Crippen molar-refractivity contribution in [3.63, 3.8) is 0 Å². The molecule has 0 spiro atoms. The maximum atomic E-state index is 11.9. The van der Waals surface area contributed by atoms with Gasteiger partial charge in [0.15, 0.2) is 0 Å². The van der Waals surface area contributed by atoms with Crippen molar-refractivity contribution in [2.45, 2.75) is 44.9 Å². The summed E-state index contributed by atoms with van der Waals surface area (Å²) in [5.41, 5.74) is 1.71.